The maximum Gasteiger partial charge on any atom is 0.390 e. The first-order valence-corrected chi connectivity index (χ1v) is 9.84. The molecule has 1 aliphatic heterocycles. The summed E-state index contributed by atoms with van der Waals surface area (Å²) < 4.78 is 39.6. The molecule has 0 radical (unpaired) electrons. The van der Waals surface area contributed by atoms with Crippen molar-refractivity contribution in [3.05, 3.63) is 46.4 Å². The van der Waals surface area contributed by atoms with Crippen molar-refractivity contribution in [2.75, 3.05) is 19.6 Å². The summed E-state index contributed by atoms with van der Waals surface area (Å²) in [5.41, 5.74) is 1.85. The van der Waals surface area contributed by atoms with Gasteiger partial charge in [0.2, 0.25) is 0 Å². The van der Waals surface area contributed by atoms with E-state index in [1.807, 2.05) is 24.3 Å². The maximum absolute atomic E-state index is 12.5. The van der Waals surface area contributed by atoms with Gasteiger partial charge in [0.1, 0.15) is 0 Å². The monoisotopic (exact) mass is 430 g/mol. The maximum atomic E-state index is 12.5. The van der Waals surface area contributed by atoms with Crippen LogP contribution in [0.4, 0.5) is 13.2 Å². The second-order valence-corrected chi connectivity index (χ2v) is 8.15. The highest BCUT2D eigenvalue weighted by atomic mass is 35.5. The van der Waals surface area contributed by atoms with Gasteiger partial charge in [-0.25, -0.2) is 0 Å². The van der Waals surface area contributed by atoms with Crippen LogP contribution in [0.5, 0.6) is 0 Å². The molecule has 3 aromatic rings. The molecule has 0 aliphatic carbocycles. The standard InChI is InChI=1S/C20H19Cl2F3N2O/c21-12-1-3-16-14(9-12)15-10-13(22)2-4-17(15)27(16)18-5-7-26(11-19(18)28)8-6-20(23,24)25/h1-4,9-10,18-19,28H,5-8,11H2/t18-,19-/m1/s1. The van der Waals surface area contributed by atoms with Gasteiger partial charge in [-0.2, -0.15) is 13.2 Å². The van der Waals surface area contributed by atoms with Crippen LogP contribution in [0, 0.1) is 0 Å². The molecule has 2 atom stereocenters. The summed E-state index contributed by atoms with van der Waals surface area (Å²) in [5, 5.41) is 13.9. The van der Waals surface area contributed by atoms with Crippen molar-refractivity contribution in [2.45, 2.75) is 31.2 Å². The van der Waals surface area contributed by atoms with Crippen molar-refractivity contribution in [2.24, 2.45) is 0 Å². The minimum atomic E-state index is -4.19. The second kappa shape index (κ2) is 7.41. The fraction of sp³-hybridized carbons (Fsp3) is 0.400. The highest BCUT2D eigenvalue weighted by Crippen LogP contribution is 2.38. The summed E-state index contributed by atoms with van der Waals surface area (Å²) in [6, 6.07) is 10.9. The molecule has 8 heteroatoms. The average molecular weight is 431 g/mol. The molecular weight excluding hydrogens is 412 g/mol. The lowest BCUT2D eigenvalue weighted by Crippen LogP contribution is -2.45. The number of aliphatic hydroxyl groups is 1. The Balaban J connectivity index is 1.69. The number of aliphatic hydroxyl groups excluding tert-OH is 1. The van der Waals surface area contributed by atoms with E-state index in [1.54, 1.807) is 17.0 Å². The molecule has 3 nitrogen and oxygen atoms in total. The van der Waals surface area contributed by atoms with E-state index in [9.17, 15) is 18.3 Å². The number of halogens is 5. The van der Waals surface area contributed by atoms with Crippen molar-refractivity contribution in [1.29, 1.82) is 0 Å². The van der Waals surface area contributed by atoms with Crippen molar-refractivity contribution >= 4 is 45.0 Å². The molecule has 0 unspecified atom stereocenters. The second-order valence-electron chi connectivity index (χ2n) is 7.28. The zero-order valence-corrected chi connectivity index (χ0v) is 16.4. The van der Waals surface area contributed by atoms with Gasteiger partial charge in [-0.15, -0.1) is 0 Å². The van der Waals surface area contributed by atoms with Crippen LogP contribution in [0.1, 0.15) is 18.9 Å². The van der Waals surface area contributed by atoms with Crippen molar-refractivity contribution in [3.8, 4) is 0 Å². The smallest absolute Gasteiger partial charge is 0.390 e. The van der Waals surface area contributed by atoms with E-state index in [-0.39, 0.29) is 19.1 Å². The van der Waals surface area contributed by atoms with E-state index in [1.165, 1.54) is 0 Å². The van der Waals surface area contributed by atoms with Gasteiger partial charge in [0.25, 0.3) is 0 Å². The van der Waals surface area contributed by atoms with Crippen LogP contribution in [0.25, 0.3) is 21.8 Å². The van der Waals surface area contributed by atoms with Gasteiger partial charge in [0, 0.05) is 51.5 Å². The van der Waals surface area contributed by atoms with E-state index in [0.717, 1.165) is 21.8 Å². The lowest BCUT2D eigenvalue weighted by Gasteiger charge is -2.37. The van der Waals surface area contributed by atoms with Crippen molar-refractivity contribution in [3.63, 3.8) is 0 Å². The Morgan fingerprint density at radius 2 is 1.57 bits per heavy atom. The fourth-order valence-electron chi connectivity index (χ4n) is 4.13. The first-order chi connectivity index (χ1) is 13.2. The summed E-state index contributed by atoms with van der Waals surface area (Å²) in [6.45, 7) is 0.620. The van der Waals surface area contributed by atoms with Crippen LogP contribution < -0.4 is 0 Å². The Hall–Kier alpha value is -1.47. The van der Waals surface area contributed by atoms with E-state index < -0.39 is 18.7 Å². The third-order valence-electron chi connectivity index (χ3n) is 5.40. The topological polar surface area (TPSA) is 28.4 Å². The van der Waals surface area contributed by atoms with E-state index >= 15 is 0 Å². The summed E-state index contributed by atoms with van der Waals surface area (Å²) in [4.78, 5) is 1.68. The molecule has 2 heterocycles. The molecule has 1 N–H and O–H groups in total. The molecule has 0 amide bonds. The highest BCUT2D eigenvalue weighted by Gasteiger charge is 2.33. The number of hydrogen-bond acceptors (Lipinski definition) is 2. The molecule has 0 bridgehead atoms. The minimum absolute atomic E-state index is 0.0916. The van der Waals surface area contributed by atoms with Gasteiger partial charge in [0.05, 0.1) is 18.6 Å². The number of fused-ring (bicyclic) bond motifs is 3. The Kier molecular flexibility index (Phi) is 5.25. The van der Waals surface area contributed by atoms with Gasteiger partial charge in [-0.1, -0.05) is 23.2 Å². The van der Waals surface area contributed by atoms with Crippen LogP contribution in [0.15, 0.2) is 36.4 Å². The van der Waals surface area contributed by atoms with E-state index in [4.69, 9.17) is 23.2 Å². The summed E-state index contributed by atoms with van der Waals surface area (Å²) in [7, 11) is 0. The normalized spacial score (nSPS) is 21.6. The number of piperidine rings is 1. The number of rotatable bonds is 3. The number of benzene rings is 2. The molecule has 150 valence electrons. The molecule has 1 saturated heterocycles. The Labute approximate surface area is 170 Å². The summed E-state index contributed by atoms with van der Waals surface area (Å²) in [5.74, 6) is 0. The molecule has 1 aromatic heterocycles. The molecule has 1 fully saturated rings. The van der Waals surface area contributed by atoms with Crippen LogP contribution >= 0.6 is 23.2 Å². The Morgan fingerprint density at radius 1 is 1.00 bits per heavy atom. The van der Waals surface area contributed by atoms with E-state index in [0.29, 0.717) is 23.0 Å². The number of alkyl halides is 3. The highest BCUT2D eigenvalue weighted by molar-refractivity contribution is 6.33. The van der Waals surface area contributed by atoms with Gasteiger partial charge in [-0.3, -0.25) is 0 Å². The first-order valence-electron chi connectivity index (χ1n) is 9.09. The largest absolute Gasteiger partial charge is 0.390 e. The van der Waals surface area contributed by atoms with Gasteiger partial charge < -0.3 is 14.6 Å². The van der Waals surface area contributed by atoms with Crippen molar-refractivity contribution < 1.29 is 18.3 Å². The van der Waals surface area contributed by atoms with Gasteiger partial charge in [0.15, 0.2) is 0 Å². The number of β-amino-alcohol motifs (C(OH)–C–C–N with tert-alkyl or cyclic N) is 1. The molecule has 1 aliphatic rings. The SMILES string of the molecule is O[C@@H]1CN(CCC(F)(F)F)CC[C@H]1n1c2ccc(Cl)cc2c2cc(Cl)ccc21. The van der Waals surface area contributed by atoms with Gasteiger partial charge in [-0.05, 0) is 42.8 Å². The Bertz CT molecular complexity index is 959. The average Bonchev–Trinajstić information content (AvgIpc) is 2.92. The third-order valence-corrected chi connectivity index (χ3v) is 5.87. The molecular formula is C20H19Cl2F3N2O. The molecule has 4 rings (SSSR count). The lowest BCUT2D eigenvalue weighted by molar-refractivity contribution is -0.140. The number of aromatic nitrogens is 1. The van der Waals surface area contributed by atoms with Crippen LogP contribution in [0.2, 0.25) is 10.0 Å². The van der Waals surface area contributed by atoms with E-state index in [2.05, 4.69) is 4.57 Å². The van der Waals surface area contributed by atoms with Gasteiger partial charge >= 0.3 is 6.18 Å². The number of likely N-dealkylation sites (tertiary alicyclic amines) is 1. The molecule has 2 aromatic carbocycles. The number of nitrogens with zero attached hydrogens (tertiary/aromatic N) is 2. The number of hydrogen-bond donors (Lipinski definition) is 1. The van der Waals surface area contributed by atoms with Crippen LogP contribution in [-0.2, 0) is 0 Å². The third kappa shape index (κ3) is 3.83. The summed E-state index contributed by atoms with van der Waals surface area (Å²) >= 11 is 12.4. The lowest BCUT2D eigenvalue weighted by atomic mass is 10.0. The molecule has 0 spiro atoms. The molecule has 0 saturated carbocycles. The zero-order valence-electron chi connectivity index (χ0n) is 14.9. The summed E-state index contributed by atoms with van der Waals surface area (Å²) in [6.07, 6.45) is -5.26. The fourth-order valence-corrected chi connectivity index (χ4v) is 4.47. The predicted octanol–water partition coefficient (Wildman–Crippen LogP) is 5.66. The Morgan fingerprint density at radius 3 is 2.07 bits per heavy atom. The van der Waals surface area contributed by atoms with Crippen LogP contribution in [0.3, 0.4) is 0 Å². The quantitative estimate of drug-likeness (QED) is 0.580. The molecule has 28 heavy (non-hydrogen) atoms. The zero-order chi connectivity index (χ0) is 20.1. The first kappa shape index (κ1) is 19.8. The minimum Gasteiger partial charge on any atom is -0.390 e. The van der Waals surface area contributed by atoms with Crippen LogP contribution in [-0.4, -0.2) is 46.5 Å². The van der Waals surface area contributed by atoms with Crippen molar-refractivity contribution in [1.82, 2.24) is 9.47 Å². The predicted molar refractivity (Wildman–Crippen MR) is 106 cm³/mol.